The summed E-state index contributed by atoms with van der Waals surface area (Å²) < 4.78 is 20.1. The third-order valence-electron chi connectivity index (χ3n) is 2.69. The molecule has 8 heteroatoms. The van der Waals surface area contributed by atoms with Crippen LogP contribution < -0.4 is 5.73 Å². The van der Waals surface area contributed by atoms with Crippen molar-refractivity contribution >= 4 is 17.0 Å². The molecule has 0 fully saturated rings. The number of aliphatic hydroxyl groups is 1. The molecule has 3 N–H and O–H groups in total. The number of hydrogen-bond donors (Lipinski definition) is 2. The van der Waals surface area contributed by atoms with Crippen molar-refractivity contribution in [1.29, 1.82) is 0 Å². The second kappa shape index (κ2) is 4.00. The molecule has 0 saturated heterocycles. The Kier molecular flexibility index (Phi) is 2.46. The summed E-state index contributed by atoms with van der Waals surface area (Å²) in [6.07, 6.45) is 3.20. The van der Waals surface area contributed by atoms with Crippen LogP contribution in [-0.4, -0.2) is 37.3 Å². The van der Waals surface area contributed by atoms with Crippen molar-refractivity contribution in [2.75, 3.05) is 12.3 Å². The van der Waals surface area contributed by atoms with Crippen molar-refractivity contribution in [3.05, 3.63) is 24.6 Å². The highest BCUT2D eigenvalue weighted by molar-refractivity contribution is 5.81. The van der Waals surface area contributed by atoms with Gasteiger partial charge >= 0.3 is 6.08 Å². The maximum atomic E-state index is 13.0. The van der Waals surface area contributed by atoms with E-state index in [1.807, 2.05) is 0 Å². The Hall–Kier alpha value is -2.06. The van der Waals surface area contributed by atoms with Gasteiger partial charge in [-0.3, -0.25) is 4.57 Å². The van der Waals surface area contributed by atoms with Gasteiger partial charge in [-0.15, -0.1) is 0 Å². The molecule has 7 nitrogen and oxygen atoms in total. The molecule has 0 unspecified atom stereocenters. The van der Waals surface area contributed by atoms with Gasteiger partial charge in [0, 0.05) is 0 Å². The quantitative estimate of drug-likeness (QED) is 0.575. The lowest BCUT2D eigenvalue weighted by molar-refractivity contribution is -0.00614. The molecule has 3 rings (SSSR count). The summed E-state index contributed by atoms with van der Waals surface area (Å²) >= 11 is 0. The molecule has 0 amide bonds. The van der Waals surface area contributed by atoms with Crippen molar-refractivity contribution < 1.29 is 14.2 Å². The third kappa shape index (κ3) is 1.62. The molecule has 0 aromatic carbocycles. The predicted molar refractivity (Wildman–Crippen MR) is 59.8 cm³/mol. The van der Waals surface area contributed by atoms with Crippen LogP contribution in [0.1, 0.15) is 6.23 Å². The molecule has 0 spiro atoms. The zero-order valence-electron chi connectivity index (χ0n) is 9.19. The molecule has 0 saturated carbocycles. The number of halogens is 1. The van der Waals surface area contributed by atoms with Gasteiger partial charge in [0.05, 0.1) is 6.61 Å². The monoisotopic (exact) mass is 251 g/mol. The van der Waals surface area contributed by atoms with Crippen molar-refractivity contribution in [3.63, 3.8) is 0 Å². The van der Waals surface area contributed by atoms with Gasteiger partial charge in [-0.1, -0.05) is 6.08 Å². The van der Waals surface area contributed by atoms with E-state index in [1.54, 1.807) is 16.7 Å². The standard InChI is InChI=1S/C10H10FN5O2/c11-10-14-8(12)7-9(15-10)13-4-16(7)6-2-1-5(3-17)18-6/h1-2,4-6,17H,3H2,(H2,12,14,15)/t5-,6+/m0/s1. The van der Waals surface area contributed by atoms with Gasteiger partial charge in [0.2, 0.25) is 0 Å². The van der Waals surface area contributed by atoms with E-state index in [-0.39, 0.29) is 24.2 Å². The van der Waals surface area contributed by atoms with Gasteiger partial charge < -0.3 is 15.6 Å². The van der Waals surface area contributed by atoms with Gasteiger partial charge in [-0.05, 0) is 6.08 Å². The Morgan fingerprint density at radius 2 is 2.28 bits per heavy atom. The number of nitrogen functional groups attached to an aromatic ring is 1. The Morgan fingerprint density at radius 1 is 1.44 bits per heavy atom. The van der Waals surface area contributed by atoms with E-state index in [1.165, 1.54) is 6.33 Å². The maximum Gasteiger partial charge on any atom is 0.312 e. The normalized spacial score (nSPS) is 23.0. The third-order valence-corrected chi connectivity index (χ3v) is 2.69. The van der Waals surface area contributed by atoms with E-state index >= 15 is 0 Å². The molecule has 1 aliphatic heterocycles. The van der Waals surface area contributed by atoms with Crippen molar-refractivity contribution in [3.8, 4) is 0 Å². The summed E-state index contributed by atoms with van der Waals surface area (Å²) in [5, 5.41) is 8.99. The van der Waals surface area contributed by atoms with Crippen LogP contribution in [0.25, 0.3) is 11.2 Å². The summed E-state index contributed by atoms with van der Waals surface area (Å²) in [6, 6.07) is 0. The highest BCUT2D eigenvalue weighted by Crippen LogP contribution is 2.26. The number of anilines is 1. The molecule has 0 bridgehead atoms. The number of nitrogens with zero attached hydrogens (tertiary/aromatic N) is 4. The fourth-order valence-electron chi connectivity index (χ4n) is 1.89. The summed E-state index contributed by atoms with van der Waals surface area (Å²) in [7, 11) is 0. The van der Waals surface area contributed by atoms with E-state index in [0.717, 1.165) is 0 Å². The molecule has 1 aliphatic rings. The Balaban J connectivity index is 2.06. The first-order chi connectivity index (χ1) is 8.69. The van der Waals surface area contributed by atoms with E-state index < -0.39 is 12.3 Å². The molecule has 94 valence electrons. The second-order valence-electron chi connectivity index (χ2n) is 3.83. The van der Waals surface area contributed by atoms with Crippen molar-refractivity contribution in [1.82, 2.24) is 19.5 Å². The van der Waals surface area contributed by atoms with Gasteiger partial charge in [0.15, 0.2) is 17.7 Å². The minimum atomic E-state index is -0.915. The van der Waals surface area contributed by atoms with E-state index in [9.17, 15) is 4.39 Å². The lowest BCUT2D eigenvalue weighted by atomic mass is 10.4. The lowest BCUT2D eigenvalue weighted by Crippen LogP contribution is -2.15. The topological polar surface area (TPSA) is 99.1 Å². The van der Waals surface area contributed by atoms with E-state index in [2.05, 4.69) is 15.0 Å². The molecule has 2 aromatic rings. The van der Waals surface area contributed by atoms with Crippen LogP contribution in [0.15, 0.2) is 18.5 Å². The molecular weight excluding hydrogens is 241 g/mol. The molecular formula is C10H10FN5O2. The highest BCUT2D eigenvalue weighted by Gasteiger charge is 2.23. The maximum absolute atomic E-state index is 13.0. The zero-order valence-corrected chi connectivity index (χ0v) is 9.19. The van der Waals surface area contributed by atoms with E-state index in [0.29, 0.717) is 5.52 Å². The van der Waals surface area contributed by atoms with Crippen LogP contribution in [-0.2, 0) is 4.74 Å². The molecule has 2 aromatic heterocycles. The molecule has 3 heterocycles. The van der Waals surface area contributed by atoms with Crippen LogP contribution in [0.2, 0.25) is 0 Å². The van der Waals surface area contributed by atoms with Gasteiger partial charge in [0.1, 0.15) is 17.9 Å². The number of aliphatic hydroxyl groups excluding tert-OH is 1. The minimum Gasteiger partial charge on any atom is -0.393 e. The minimum absolute atomic E-state index is 0.000511. The number of ether oxygens (including phenoxy) is 1. The number of nitrogens with two attached hydrogens (primary N) is 1. The largest absolute Gasteiger partial charge is 0.393 e. The van der Waals surface area contributed by atoms with Crippen LogP contribution in [0.4, 0.5) is 10.2 Å². The molecule has 18 heavy (non-hydrogen) atoms. The van der Waals surface area contributed by atoms with Crippen LogP contribution in [0.5, 0.6) is 0 Å². The Labute approximate surface area is 101 Å². The summed E-state index contributed by atoms with van der Waals surface area (Å²) in [5.74, 6) is -0.000511. The summed E-state index contributed by atoms with van der Waals surface area (Å²) in [6.45, 7) is -0.111. The predicted octanol–water partition coefficient (Wildman–Crippen LogP) is -0.00650. The smallest absolute Gasteiger partial charge is 0.312 e. The number of rotatable bonds is 2. The fraction of sp³-hybridized carbons (Fsp3) is 0.300. The number of imidazole rings is 1. The van der Waals surface area contributed by atoms with Gasteiger partial charge in [-0.25, -0.2) is 4.98 Å². The summed E-state index contributed by atoms with van der Waals surface area (Å²) in [5.41, 5.74) is 6.23. The molecule has 2 atom stereocenters. The average molecular weight is 251 g/mol. The van der Waals surface area contributed by atoms with Crippen molar-refractivity contribution in [2.45, 2.75) is 12.3 Å². The summed E-state index contributed by atoms with van der Waals surface area (Å²) in [4.78, 5) is 11.0. The number of aromatic nitrogens is 4. The van der Waals surface area contributed by atoms with Crippen molar-refractivity contribution in [2.24, 2.45) is 0 Å². The molecule has 0 radical (unpaired) electrons. The first-order valence-corrected chi connectivity index (χ1v) is 5.29. The molecule has 0 aliphatic carbocycles. The van der Waals surface area contributed by atoms with E-state index in [4.69, 9.17) is 15.6 Å². The van der Waals surface area contributed by atoms with Gasteiger partial charge in [0.25, 0.3) is 0 Å². The lowest BCUT2D eigenvalue weighted by Gasteiger charge is -2.14. The number of fused-ring (bicyclic) bond motifs is 1. The average Bonchev–Trinajstić information content (AvgIpc) is 2.93. The highest BCUT2D eigenvalue weighted by atomic mass is 19.1. The fourth-order valence-corrected chi connectivity index (χ4v) is 1.89. The Morgan fingerprint density at radius 3 is 3.00 bits per heavy atom. The van der Waals surface area contributed by atoms with Crippen LogP contribution in [0, 0.1) is 6.08 Å². The van der Waals surface area contributed by atoms with Crippen LogP contribution in [0.3, 0.4) is 0 Å². The zero-order chi connectivity index (χ0) is 12.7. The van der Waals surface area contributed by atoms with Crippen LogP contribution >= 0.6 is 0 Å². The first kappa shape index (κ1) is 11.1. The second-order valence-corrected chi connectivity index (χ2v) is 3.83. The number of hydrogen-bond acceptors (Lipinski definition) is 6. The Bertz CT molecular complexity index is 626. The first-order valence-electron chi connectivity index (χ1n) is 5.29. The van der Waals surface area contributed by atoms with Gasteiger partial charge in [-0.2, -0.15) is 14.4 Å². The SMILES string of the molecule is Nc1nc(F)nc2ncn([C@H]3C=C[C@@H](CO)O3)c12.